The van der Waals surface area contributed by atoms with Gasteiger partial charge in [-0.2, -0.15) is 0 Å². The van der Waals surface area contributed by atoms with Crippen molar-refractivity contribution in [1.82, 2.24) is 4.40 Å². The van der Waals surface area contributed by atoms with E-state index in [1.165, 1.54) is 47.7 Å². The van der Waals surface area contributed by atoms with E-state index in [-0.39, 0.29) is 31.5 Å². The number of ketones is 2. The number of pyridine rings is 1. The van der Waals surface area contributed by atoms with E-state index < -0.39 is 0 Å². The second-order valence-electron chi connectivity index (χ2n) is 10.0. The van der Waals surface area contributed by atoms with Crippen LogP contribution in [0.4, 0.5) is 0 Å². The summed E-state index contributed by atoms with van der Waals surface area (Å²) >= 11 is 0.000274. The van der Waals surface area contributed by atoms with Gasteiger partial charge < -0.3 is 0 Å². The molecule has 0 unspecified atom stereocenters. The van der Waals surface area contributed by atoms with Crippen LogP contribution in [0.15, 0.2) is 66.2 Å². The van der Waals surface area contributed by atoms with Crippen LogP contribution in [0.3, 0.4) is 0 Å². The summed E-state index contributed by atoms with van der Waals surface area (Å²) in [6.07, 6.45) is 2.77. The Labute approximate surface area is 210 Å². The van der Waals surface area contributed by atoms with Crippen LogP contribution in [0.25, 0.3) is 53.8 Å². The summed E-state index contributed by atoms with van der Waals surface area (Å²) in [6, 6.07) is 21.8. The zero-order chi connectivity index (χ0) is 24.5. The number of nitrogens with zero attached hydrogens (tertiary/aromatic N) is 1. The molecule has 0 spiro atoms. The molecule has 3 heterocycles. The van der Waals surface area contributed by atoms with Gasteiger partial charge in [-0.3, -0.25) is 0 Å². The van der Waals surface area contributed by atoms with E-state index in [1.807, 2.05) is 33.8 Å². The molecule has 1 fully saturated rings. The molecule has 1 saturated carbocycles. The monoisotopic (exact) mass is 525 g/mol. The molecule has 174 valence electrons. The Morgan fingerprint density at radius 2 is 1.54 bits per heavy atom. The number of aromatic nitrogens is 1. The minimum atomic E-state index is -0.245. The fraction of sp³-hybridized carbons (Fsp3) is 0.226. The molecular formula is C31H27NO2Se. The summed E-state index contributed by atoms with van der Waals surface area (Å²) in [6.45, 7) is 8.00. The Morgan fingerprint density at radius 3 is 2.31 bits per heavy atom. The third-order valence-electron chi connectivity index (χ3n) is 7.07. The molecule has 35 heavy (non-hydrogen) atoms. The molecule has 3 aromatic carbocycles. The number of hydrogen-bond acceptors (Lipinski definition) is 2. The van der Waals surface area contributed by atoms with Gasteiger partial charge in [0.2, 0.25) is 0 Å². The van der Waals surface area contributed by atoms with E-state index in [1.54, 1.807) is 0 Å². The summed E-state index contributed by atoms with van der Waals surface area (Å²) in [4.78, 5) is 25.6. The first kappa shape index (κ1) is 22.3. The quantitative estimate of drug-likeness (QED) is 0.128. The van der Waals surface area contributed by atoms with Gasteiger partial charge in [0.05, 0.1) is 0 Å². The van der Waals surface area contributed by atoms with Gasteiger partial charge in [0.25, 0.3) is 0 Å². The fourth-order valence-electron chi connectivity index (χ4n) is 5.67. The molecule has 0 bridgehead atoms. The maximum atomic E-state index is 12.8. The Bertz CT molecular complexity index is 1810. The Morgan fingerprint density at radius 1 is 0.829 bits per heavy atom. The van der Waals surface area contributed by atoms with Gasteiger partial charge in [0.1, 0.15) is 0 Å². The van der Waals surface area contributed by atoms with E-state index in [0.717, 1.165) is 4.44 Å². The van der Waals surface area contributed by atoms with Crippen molar-refractivity contribution in [1.29, 1.82) is 0 Å². The first-order valence-corrected chi connectivity index (χ1v) is 14.0. The van der Waals surface area contributed by atoms with Crippen LogP contribution < -0.4 is 0 Å². The summed E-state index contributed by atoms with van der Waals surface area (Å²) in [5.41, 5.74) is 2.64. The molecule has 6 aromatic rings. The van der Waals surface area contributed by atoms with Gasteiger partial charge in [-0.1, -0.05) is 13.8 Å². The number of fused-ring (bicyclic) bond motifs is 6. The average molecular weight is 525 g/mol. The van der Waals surface area contributed by atoms with Crippen molar-refractivity contribution in [2.45, 2.75) is 40.5 Å². The van der Waals surface area contributed by atoms with Gasteiger partial charge in [-0.15, -0.1) is 0 Å². The molecular weight excluding hydrogens is 497 g/mol. The van der Waals surface area contributed by atoms with Crippen LogP contribution in [0.2, 0.25) is 0 Å². The second-order valence-corrected chi connectivity index (χ2v) is 12.2. The van der Waals surface area contributed by atoms with Crippen LogP contribution >= 0.6 is 0 Å². The van der Waals surface area contributed by atoms with Crippen molar-refractivity contribution in [3.8, 4) is 0 Å². The topological polar surface area (TPSA) is 38.5 Å². The van der Waals surface area contributed by atoms with Crippen molar-refractivity contribution in [2.75, 3.05) is 0 Å². The molecule has 1 aliphatic rings. The molecule has 3 nitrogen and oxygen atoms in total. The van der Waals surface area contributed by atoms with Crippen molar-refractivity contribution in [2.24, 2.45) is 5.41 Å². The molecule has 0 aliphatic heterocycles. The SMILES string of the molecule is CC.CC1(C)CC(=O)C(=Cc2cc3c4cccc5ccc6c7ccccc7n(c3[se]2)c6c54)C(=O)C1. The maximum absolute atomic E-state index is 12.8. The van der Waals surface area contributed by atoms with Gasteiger partial charge in [-0.25, -0.2) is 0 Å². The molecule has 0 atom stereocenters. The number of para-hydroxylation sites is 1. The number of benzene rings is 3. The van der Waals surface area contributed by atoms with E-state index in [2.05, 4.69) is 65.1 Å². The number of rotatable bonds is 1. The second kappa shape index (κ2) is 7.91. The molecule has 0 amide bonds. The first-order valence-electron chi connectivity index (χ1n) is 12.3. The molecule has 7 rings (SSSR count). The fourth-order valence-corrected chi connectivity index (χ4v) is 8.06. The molecule has 3 aromatic heterocycles. The van der Waals surface area contributed by atoms with Crippen LogP contribution in [0, 0.1) is 5.41 Å². The third-order valence-corrected chi connectivity index (χ3v) is 9.31. The number of allylic oxidation sites excluding steroid dienone is 1. The van der Waals surface area contributed by atoms with E-state index in [4.69, 9.17) is 0 Å². The van der Waals surface area contributed by atoms with Gasteiger partial charge >= 0.3 is 197 Å². The summed E-state index contributed by atoms with van der Waals surface area (Å²) < 4.78 is 4.83. The van der Waals surface area contributed by atoms with Crippen LogP contribution in [-0.2, 0) is 9.59 Å². The van der Waals surface area contributed by atoms with Crippen LogP contribution in [-0.4, -0.2) is 30.5 Å². The van der Waals surface area contributed by atoms with Gasteiger partial charge in [-0.05, 0) is 0 Å². The zero-order valence-electron chi connectivity index (χ0n) is 20.4. The minimum absolute atomic E-state index is 0.000274. The molecule has 0 radical (unpaired) electrons. The standard InChI is InChI=1S/C29H21NO2Se.C2H6/c1-29(2)14-24(31)22(25(32)15-29)13-17-12-21-19-8-5-6-16-10-11-20-18-7-3-4-9-23(18)30(28(21)33-17)27(20)26(16)19;1-2/h3-13H,14-15H2,1-2H3;1-2H3. The summed E-state index contributed by atoms with van der Waals surface area (Å²) in [5.74, 6) is -0.0333. The Balaban J connectivity index is 0.00000112. The summed E-state index contributed by atoms with van der Waals surface area (Å²) in [7, 11) is 0. The predicted octanol–water partition coefficient (Wildman–Crippen LogP) is 7.41. The third kappa shape index (κ3) is 3.24. The molecule has 4 heteroatoms. The van der Waals surface area contributed by atoms with Gasteiger partial charge in [0, 0.05) is 0 Å². The normalized spacial score (nSPS) is 16.1. The average Bonchev–Trinajstić information content (AvgIpc) is 3.41. The van der Waals surface area contributed by atoms with Crippen LogP contribution in [0.1, 0.15) is 45.0 Å². The van der Waals surface area contributed by atoms with E-state index in [0.29, 0.717) is 18.4 Å². The van der Waals surface area contributed by atoms with E-state index in [9.17, 15) is 9.59 Å². The number of hydrogen-bond donors (Lipinski definition) is 0. The van der Waals surface area contributed by atoms with Crippen LogP contribution in [0.5, 0.6) is 0 Å². The van der Waals surface area contributed by atoms with Crippen molar-refractivity contribution in [3.05, 3.63) is 70.7 Å². The van der Waals surface area contributed by atoms with Crippen molar-refractivity contribution < 1.29 is 9.59 Å². The number of Topliss-reactive ketones (excluding diaryl/α,β-unsaturated/α-hetero) is 2. The Hall–Kier alpha value is -3.20. The number of carbonyl (C=O) groups excluding carboxylic acids is 2. The first-order chi connectivity index (χ1) is 16.9. The van der Waals surface area contributed by atoms with Gasteiger partial charge in [0.15, 0.2) is 0 Å². The molecule has 0 N–H and O–H groups in total. The zero-order valence-corrected chi connectivity index (χ0v) is 22.2. The van der Waals surface area contributed by atoms with E-state index >= 15 is 0 Å². The number of carbonyl (C=O) groups is 2. The predicted molar refractivity (Wildman–Crippen MR) is 148 cm³/mol. The summed E-state index contributed by atoms with van der Waals surface area (Å²) in [5, 5.41) is 7.55. The van der Waals surface area contributed by atoms with Crippen molar-refractivity contribution >= 4 is 79.9 Å². The molecule has 1 aliphatic carbocycles. The van der Waals surface area contributed by atoms with Crippen molar-refractivity contribution in [3.63, 3.8) is 0 Å². The molecule has 0 saturated heterocycles. The Kier molecular flexibility index (Phi) is 5.03.